The Morgan fingerprint density at radius 1 is 1.14 bits per heavy atom. The Balaban J connectivity index is 2.29. The van der Waals surface area contributed by atoms with Crippen LogP contribution in [0.2, 0.25) is 5.02 Å². The van der Waals surface area contributed by atoms with Gasteiger partial charge in [0.2, 0.25) is 0 Å². The minimum absolute atomic E-state index is 0.217. The molecule has 0 radical (unpaired) electrons. The summed E-state index contributed by atoms with van der Waals surface area (Å²) in [5, 5.41) is 4.32. The van der Waals surface area contributed by atoms with E-state index in [4.69, 9.17) is 11.6 Å². The molecular weight excluding hydrogens is 296 g/mol. The molecule has 6 heteroatoms. The third-order valence-electron chi connectivity index (χ3n) is 3.29. The van der Waals surface area contributed by atoms with E-state index < -0.39 is 6.43 Å². The van der Waals surface area contributed by atoms with Gasteiger partial charge in [-0.3, -0.25) is 0 Å². The molecule has 0 saturated heterocycles. The van der Waals surface area contributed by atoms with Crippen LogP contribution in [0.25, 0.3) is 16.9 Å². The molecule has 0 atom stereocenters. The zero-order chi connectivity index (χ0) is 15.1. The fourth-order valence-electron chi connectivity index (χ4n) is 2.15. The van der Waals surface area contributed by atoms with Crippen molar-refractivity contribution in [2.24, 2.45) is 0 Å². The SMILES string of the molecule is Cc1ccc(-c2cc(C(F)F)n3nc(C)c(Cl)c3n2)cc1. The monoisotopic (exact) mass is 307 g/mol. The Labute approximate surface area is 125 Å². The molecule has 1 aromatic carbocycles. The molecule has 3 nitrogen and oxygen atoms in total. The Bertz CT molecular complexity index is 810. The highest BCUT2D eigenvalue weighted by Crippen LogP contribution is 2.29. The van der Waals surface area contributed by atoms with Crippen molar-refractivity contribution in [2.45, 2.75) is 20.3 Å². The first kappa shape index (κ1) is 13.9. The van der Waals surface area contributed by atoms with Crippen molar-refractivity contribution in [3.8, 4) is 11.3 Å². The van der Waals surface area contributed by atoms with Crippen molar-refractivity contribution in [2.75, 3.05) is 0 Å². The second kappa shape index (κ2) is 5.07. The molecule has 21 heavy (non-hydrogen) atoms. The van der Waals surface area contributed by atoms with Crippen LogP contribution >= 0.6 is 11.6 Å². The molecule has 0 saturated carbocycles. The summed E-state index contributed by atoms with van der Waals surface area (Å²) in [6.45, 7) is 3.62. The maximum atomic E-state index is 13.3. The topological polar surface area (TPSA) is 30.2 Å². The van der Waals surface area contributed by atoms with Crippen LogP contribution in [0.4, 0.5) is 8.78 Å². The first-order valence-corrected chi connectivity index (χ1v) is 6.76. The fraction of sp³-hybridized carbons (Fsp3) is 0.200. The zero-order valence-electron chi connectivity index (χ0n) is 11.4. The van der Waals surface area contributed by atoms with Gasteiger partial charge < -0.3 is 0 Å². The van der Waals surface area contributed by atoms with Gasteiger partial charge in [0.15, 0.2) is 5.65 Å². The number of nitrogens with zero attached hydrogens (tertiary/aromatic N) is 3. The van der Waals surface area contributed by atoms with Crippen molar-refractivity contribution in [3.63, 3.8) is 0 Å². The van der Waals surface area contributed by atoms with Gasteiger partial charge in [-0.2, -0.15) is 5.10 Å². The van der Waals surface area contributed by atoms with Crippen LogP contribution < -0.4 is 0 Å². The maximum Gasteiger partial charge on any atom is 0.280 e. The Hall–Kier alpha value is -2.01. The van der Waals surface area contributed by atoms with Gasteiger partial charge in [0.05, 0.1) is 11.4 Å². The van der Waals surface area contributed by atoms with E-state index in [1.54, 1.807) is 6.92 Å². The van der Waals surface area contributed by atoms with Crippen LogP contribution in [0, 0.1) is 13.8 Å². The zero-order valence-corrected chi connectivity index (χ0v) is 12.2. The van der Waals surface area contributed by atoms with E-state index >= 15 is 0 Å². The molecule has 0 unspecified atom stereocenters. The molecule has 0 aliphatic rings. The van der Waals surface area contributed by atoms with Crippen molar-refractivity contribution in [1.82, 2.24) is 14.6 Å². The van der Waals surface area contributed by atoms with Crippen LogP contribution in [0.3, 0.4) is 0 Å². The molecule has 2 heterocycles. The third-order valence-corrected chi connectivity index (χ3v) is 3.73. The summed E-state index contributed by atoms with van der Waals surface area (Å²) in [7, 11) is 0. The van der Waals surface area contributed by atoms with E-state index in [0.29, 0.717) is 16.4 Å². The highest BCUT2D eigenvalue weighted by atomic mass is 35.5. The van der Waals surface area contributed by atoms with Gasteiger partial charge in [0.25, 0.3) is 6.43 Å². The smallest absolute Gasteiger partial charge is 0.227 e. The summed E-state index contributed by atoms with van der Waals surface area (Å²) in [5.41, 5.74) is 2.83. The Morgan fingerprint density at radius 2 is 1.81 bits per heavy atom. The molecule has 3 rings (SSSR count). The van der Waals surface area contributed by atoms with E-state index in [2.05, 4.69) is 10.1 Å². The standard InChI is InChI=1S/C15H12ClF2N3/c1-8-3-5-10(6-4-8)11-7-12(14(17)18)21-15(19-11)13(16)9(2)20-21/h3-7,14H,1-2H3. The van der Waals surface area contributed by atoms with Gasteiger partial charge in [0, 0.05) is 5.56 Å². The van der Waals surface area contributed by atoms with Crippen LogP contribution in [0.15, 0.2) is 30.3 Å². The number of fused-ring (bicyclic) bond motifs is 1. The van der Waals surface area contributed by atoms with E-state index in [9.17, 15) is 8.78 Å². The number of alkyl halides is 2. The molecule has 0 fully saturated rings. The highest BCUT2D eigenvalue weighted by molar-refractivity contribution is 6.34. The number of aryl methyl sites for hydroxylation is 2. The molecule has 2 aromatic heterocycles. The highest BCUT2D eigenvalue weighted by Gasteiger charge is 2.19. The normalized spacial score (nSPS) is 11.5. The number of rotatable bonds is 2. The van der Waals surface area contributed by atoms with Gasteiger partial charge in [-0.25, -0.2) is 18.3 Å². The van der Waals surface area contributed by atoms with E-state index in [0.717, 1.165) is 15.6 Å². The average molecular weight is 308 g/mol. The number of hydrogen-bond acceptors (Lipinski definition) is 2. The predicted octanol–water partition coefficient (Wildman–Crippen LogP) is 4.60. The van der Waals surface area contributed by atoms with Crippen molar-refractivity contribution in [3.05, 3.63) is 52.3 Å². The molecule has 0 bridgehead atoms. The summed E-state index contributed by atoms with van der Waals surface area (Å²) in [6.07, 6.45) is -2.66. The van der Waals surface area contributed by atoms with Gasteiger partial charge in [0.1, 0.15) is 10.7 Å². The number of hydrogen-bond donors (Lipinski definition) is 0. The minimum atomic E-state index is -2.66. The summed E-state index contributed by atoms with van der Waals surface area (Å²) in [5.74, 6) is 0. The Morgan fingerprint density at radius 3 is 2.43 bits per heavy atom. The van der Waals surface area contributed by atoms with Crippen molar-refractivity contribution in [1.29, 1.82) is 0 Å². The lowest BCUT2D eigenvalue weighted by Gasteiger charge is -2.08. The summed E-state index contributed by atoms with van der Waals surface area (Å²) in [4.78, 5) is 4.37. The summed E-state index contributed by atoms with van der Waals surface area (Å²) in [6, 6.07) is 8.87. The number of halogens is 3. The van der Waals surface area contributed by atoms with E-state index in [1.807, 2.05) is 31.2 Å². The lowest BCUT2D eigenvalue weighted by molar-refractivity contribution is 0.143. The molecule has 0 amide bonds. The van der Waals surface area contributed by atoms with Gasteiger partial charge in [-0.15, -0.1) is 0 Å². The second-order valence-electron chi connectivity index (χ2n) is 4.87. The first-order valence-electron chi connectivity index (χ1n) is 6.38. The lowest BCUT2D eigenvalue weighted by atomic mass is 10.1. The van der Waals surface area contributed by atoms with Gasteiger partial charge in [-0.1, -0.05) is 41.4 Å². The van der Waals surface area contributed by atoms with E-state index in [-0.39, 0.29) is 11.3 Å². The van der Waals surface area contributed by atoms with E-state index in [1.165, 1.54) is 6.07 Å². The third kappa shape index (κ3) is 2.38. The number of benzene rings is 1. The molecular formula is C15H12ClF2N3. The van der Waals surface area contributed by atoms with Crippen LogP contribution in [-0.4, -0.2) is 14.6 Å². The average Bonchev–Trinajstić information content (AvgIpc) is 2.74. The van der Waals surface area contributed by atoms with Crippen molar-refractivity contribution < 1.29 is 8.78 Å². The Kier molecular flexibility index (Phi) is 3.37. The minimum Gasteiger partial charge on any atom is -0.227 e. The van der Waals surface area contributed by atoms with Crippen LogP contribution in [0.5, 0.6) is 0 Å². The quantitative estimate of drug-likeness (QED) is 0.692. The second-order valence-corrected chi connectivity index (χ2v) is 5.25. The molecule has 0 N–H and O–H groups in total. The largest absolute Gasteiger partial charge is 0.280 e. The van der Waals surface area contributed by atoms with Crippen molar-refractivity contribution >= 4 is 17.2 Å². The number of aromatic nitrogens is 3. The van der Waals surface area contributed by atoms with Gasteiger partial charge >= 0.3 is 0 Å². The first-order chi connectivity index (χ1) is 9.97. The summed E-state index contributed by atoms with van der Waals surface area (Å²) >= 11 is 6.11. The fourth-order valence-corrected chi connectivity index (χ4v) is 2.31. The molecule has 3 aromatic rings. The molecule has 0 spiro atoms. The van der Waals surface area contributed by atoms with Crippen LogP contribution in [-0.2, 0) is 0 Å². The maximum absolute atomic E-state index is 13.3. The summed E-state index contributed by atoms with van der Waals surface area (Å²) < 4.78 is 27.6. The molecule has 0 aliphatic carbocycles. The predicted molar refractivity (Wildman–Crippen MR) is 77.9 cm³/mol. The van der Waals surface area contributed by atoms with Gasteiger partial charge in [-0.05, 0) is 19.9 Å². The lowest BCUT2D eigenvalue weighted by Crippen LogP contribution is -2.02. The molecule has 0 aliphatic heterocycles. The van der Waals surface area contributed by atoms with Crippen LogP contribution in [0.1, 0.15) is 23.4 Å². The molecule has 108 valence electrons.